The van der Waals surface area contributed by atoms with Crippen LogP contribution in [0.2, 0.25) is 0 Å². The minimum absolute atomic E-state index is 0.0143. The first kappa shape index (κ1) is 32.0. The smallest absolute Gasteiger partial charge is 0.409 e. The van der Waals surface area contributed by atoms with E-state index in [1.165, 1.54) is 11.1 Å². The minimum atomic E-state index is -0.312. The Morgan fingerprint density at radius 3 is 2.02 bits per heavy atom. The zero-order chi connectivity index (χ0) is 31.6. The first-order valence-electron chi connectivity index (χ1n) is 16.0. The van der Waals surface area contributed by atoms with Gasteiger partial charge in [-0.2, -0.15) is 0 Å². The van der Waals surface area contributed by atoms with E-state index in [9.17, 15) is 14.4 Å². The van der Waals surface area contributed by atoms with Crippen LogP contribution in [-0.2, 0) is 33.9 Å². The van der Waals surface area contributed by atoms with Crippen molar-refractivity contribution in [2.24, 2.45) is 0 Å². The number of likely N-dealkylation sites (tertiary alicyclic amines) is 1. The molecule has 0 radical (unpaired) electrons. The number of hydrogen-bond acceptors (Lipinski definition) is 6. The molecule has 0 bridgehead atoms. The average Bonchev–Trinajstić information content (AvgIpc) is 3.35. The zero-order valence-corrected chi connectivity index (χ0v) is 26.3. The van der Waals surface area contributed by atoms with Crippen LogP contribution in [0.25, 0.3) is 11.0 Å². The Hall–Kier alpha value is -4.37. The third-order valence-electron chi connectivity index (χ3n) is 8.55. The summed E-state index contributed by atoms with van der Waals surface area (Å²) in [6, 6.07) is 28.5. The van der Waals surface area contributed by atoms with Gasteiger partial charge in [0.15, 0.2) is 0 Å². The highest BCUT2D eigenvalue weighted by atomic mass is 16.6. The van der Waals surface area contributed by atoms with Gasteiger partial charge in [0.2, 0.25) is 0 Å². The molecule has 1 amide bonds. The molecule has 0 aliphatic carbocycles. The van der Waals surface area contributed by atoms with Crippen molar-refractivity contribution in [3.05, 3.63) is 107 Å². The van der Waals surface area contributed by atoms with Crippen LogP contribution in [0, 0.1) is 0 Å². The van der Waals surface area contributed by atoms with Gasteiger partial charge in [0.05, 0.1) is 17.6 Å². The zero-order valence-electron chi connectivity index (χ0n) is 26.3. The number of para-hydroxylation sites is 2. The Balaban J connectivity index is 1.18. The molecule has 0 spiro atoms. The monoisotopic (exact) mass is 612 g/mol. The molecule has 1 aromatic heterocycles. The first-order valence-corrected chi connectivity index (χ1v) is 16.0. The lowest BCUT2D eigenvalue weighted by Crippen LogP contribution is -2.43. The predicted molar refractivity (Wildman–Crippen MR) is 175 cm³/mol. The fourth-order valence-corrected chi connectivity index (χ4v) is 6.11. The largest absolute Gasteiger partial charge is 0.466 e. The molecule has 3 aromatic carbocycles. The Morgan fingerprint density at radius 2 is 1.42 bits per heavy atom. The fourth-order valence-electron chi connectivity index (χ4n) is 6.11. The van der Waals surface area contributed by atoms with Crippen LogP contribution in [0.15, 0.2) is 89.7 Å². The summed E-state index contributed by atoms with van der Waals surface area (Å²) in [4.78, 5) is 42.7. The van der Waals surface area contributed by atoms with Gasteiger partial charge in [-0.15, -0.1) is 0 Å². The maximum absolute atomic E-state index is 13.6. The Bertz CT molecular complexity index is 1550. The molecule has 45 heavy (non-hydrogen) atoms. The van der Waals surface area contributed by atoms with Gasteiger partial charge < -0.3 is 14.4 Å². The molecule has 9 nitrogen and oxygen atoms in total. The van der Waals surface area contributed by atoms with Crippen LogP contribution in [0.4, 0.5) is 4.79 Å². The van der Waals surface area contributed by atoms with E-state index in [2.05, 4.69) is 36.1 Å². The summed E-state index contributed by atoms with van der Waals surface area (Å²) in [6.45, 7) is 7.52. The highest BCUT2D eigenvalue weighted by Crippen LogP contribution is 2.26. The lowest BCUT2D eigenvalue weighted by Gasteiger charge is -2.33. The molecule has 1 aliphatic heterocycles. The van der Waals surface area contributed by atoms with Gasteiger partial charge in [-0.3, -0.25) is 18.8 Å². The number of rotatable bonds is 13. The van der Waals surface area contributed by atoms with Crippen molar-refractivity contribution in [1.29, 1.82) is 0 Å². The highest BCUT2D eigenvalue weighted by Gasteiger charge is 2.28. The molecule has 1 atom stereocenters. The van der Waals surface area contributed by atoms with Gasteiger partial charge in [-0.1, -0.05) is 72.8 Å². The van der Waals surface area contributed by atoms with Crippen molar-refractivity contribution in [1.82, 2.24) is 18.9 Å². The van der Waals surface area contributed by atoms with Crippen LogP contribution < -0.4 is 5.69 Å². The molecular weight excluding hydrogens is 568 g/mol. The van der Waals surface area contributed by atoms with Crippen LogP contribution >= 0.6 is 0 Å². The number of hydrogen-bond donors (Lipinski definition) is 0. The summed E-state index contributed by atoms with van der Waals surface area (Å²) in [7, 11) is 0. The SMILES string of the molecule is CCOC(=O)CCCn1c(=O)n(C2CCN(C(=O)OC[C@H](C)N(Cc3ccccc3)Cc3ccccc3)CC2)c2ccccc21. The van der Waals surface area contributed by atoms with Gasteiger partial charge >= 0.3 is 17.8 Å². The summed E-state index contributed by atoms with van der Waals surface area (Å²) < 4.78 is 14.5. The highest BCUT2D eigenvalue weighted by molar-refractivity contribution is 5.76. The number of aryl methyl sites for hydroxylation is 1. The van der Waals surface area contributed by atoms with Crippen molar-refractivity contribution in [3.8, 4) is 0 Å². The molecule has 2 heterocycles. The summed E-state index contributed by atoms with van der Waals surface area (Å²) in [5.74, 6) is -0.247. The normalized spacial score (nSPS) is 14.5. The topological polar surface area (TPSA) is 86.0 Å². The van der Waals surface area contributed by atoms with Crippen LogP contribution in [-0.4, -0.2) is 63.3 Å². The number of esters is 1. The summed E-state index contributed by atoms with van der Waals surface area (Å²) in [5, 5.41) is 0. The van der Waals surface area contributed by atoms with E-state index in [0.717, 1.165) is 24.1 Å². The number of ether oxygens (including phenoxy) is 2. The molecule has 0 saturated carbocycles. The van der Waals surface area contributed by atoms with Crippen LogP contribution in [0.1, 0.15) is 56.7 Å². The lowest BCUT2D eigenvalue weighted by molar-refractivity contribution is -0.143. The molecule has 5 rings (SSSR count). The number of nitrogens with zero attached hydrogens (tertiary/aromatic N) is 4. The quantitative estimate of drug-likeness (QED) is 0.172. The number of amides is 1. The number of benzene rings is 3. The molecule has 1 saturated heterocycles. The van der Waals surface area contributed by atoms with E-state index < -0.39 is 0 Å². The van der Waals surface area contributed by atoms with E-state index in [0.29, 0.717) is 45.5 Å². The molecular formula is C36H44N4O5. The van der Waals surface area contributed by atoms with Gasteiger partial charge in [0.25, 0.3) is 0 Å². The molecule has 0 N–H and O–H groups in total. The predicted octanol–water partition coefficient (Wildman–Crippen LogP) is 6.01. The fraction of sp³-hybridized carbons (Fsp3) is 0.417. The summed E-state index contributed by atoms with van der Waals surface area (Å²) >= 11 is 0. The third-order valence-corrected chi connectivity index (χ3v) is 8.55. The van der Waals surface area contributed by atoms with Gasteiger partial charge in [-0.25, -0.2) is 9.59 Å². The van der Waals surface area contributed by atoms with Crippen LogP contribution in [0.5, 0.6) is 0 Å². The van der Waals surface area contributed by atoms with Gasteiger partial charge in [0.1, 0.15) is 6.61 Å². The maximum Gasteiger partial charge on any atom is 0.409 e. The van der Waals surface area contributed by atoms with E-state index in [1.54, 1.807) is 16.4 Å². The van der Waals surface area contributed by atoms with Crippen molar-refractivity contribution < 1.29 is 19.1 Å². The second-order valence-corrected chi connectivity index (χ2v) is 11.7. The number of piperidine rings is 1. The van der Waals surface area contributed by atoms with Crippen molar-refractivity contribution in [3.63, 3.8) is 0 Å². The number of aromatic nitrogens is 2. The van der Waals surface area contributed by atoms with Crippen molar-refractivity contribution >= 4 is 23.1 Å². The average molecular weight is 613 g/mol. The maximum atomic E-state index is 13.6. The first-order chi connectivity index (χ1) is 21.9. The number of imidazole rings is 1. The molecule has 0 unspecified atom stereocenters. The Kier molecular flexibility index (Phi) is 11.1. The third kappa shape index (κ3) is 8.22. The van der Waals surface area contributed by atoms with Crippen LogP contribution in [0.3, 0.4) is 0 Å². The molecule has 4 aromatic rings. The Morgan fingerprint density at radius 1 is 0.844 bits per heavy atom. The summed E-state index contributed by atoms with van der Waals surface area (Å²) in [5.41, 5.74) is 4.09. The van der Waals surface area contributed by atoms with E-state index in [-0.39, 0.29) is 42.9 Å². The van der Waals surface area contributed by atoms with E-state index >= 15 is 0 Å². The lowest BCUT2D eigenvalue weighted by atomic mass is 10.0. The standard InChI is InChI=1S/C36H44N4O5/c1-3-44-34(41)19-12-22-39-32-17-10-11-18-33(32)40(35(39)42)31-20-23-37(24-21-31)36(43)45-27-28(2)38(25-29-13-6-4-7-14-29)26-30-15-8-5-9-16-30/h4-11,13-18,28,31H,3,12,19-27H2,1-2H3/t28-/m0/s1. The van der Waals surface area contributed by atoms with E-state index in [1.807, 2.05) is 65.2 Å². The molecule has 1 fully saturated rings. The van der Waals surface area contributed by atoms with Gasteiger partial charge in [0, 0.05) is 51.2 Å². The Labute approximate surface area is 265 Å². The molecule has 238 valence electrons. The second kappa shape index (κ2) is 15.6. The summed E-state index contributed by atoms with van der Waals surface area (Å²) in [6.07, 6.45) is 1.82. The second-order valence-electron chi connectivity index (χ2n) is 11.7. The van der Waals surface area contributed by atoms with Gasteiger partial charge in [-0.05, 0) is 56.4 Å². The number of fused-ring (bicyclic) bond motifs is 1. The molecule has 1 aliphatic rings. The molecule has 9 heteroatoms. The number of carbonyl (C=O) groups excluding carboxylic acids is 2. The number of carbonyl (C=O) groups is 2. The minimum Gasteiger partial charge on any atom is -0.466 e. The van der Waals surface area contributed by atoms with Crippen molar-refractivity contribution in [2.45, 2.75) is 71.2 Å². The van der Waals surface area contributed by atoms with E-state index in [4.69, 9.17) is 9.47 Å². The van der Waals surface area contributed by atoms with Crippen molar-refractivity contribution in [2.75, 3.05) is 26.3 Å².